The van der Waals surface area contributed by atoms with Gasteiger partial charge in [-0.3, -0.25) is 0 Å². The summed E-state index contributed by atoms with van der Waals surface area (Å²) in [5, 5.41) is 11.4. The van der Waals surface area contributed by atoms with Gasteiger partial charge in [-0.05, 0) is 154 Å². The van der Waals surface area contributed by atoms with Crippen molar-refractivity contribution in [3.05, 3.63) is 218 Å². The number of hydrogen-bond acceptors (Lipinski definition) is 2. The molecule has 0 N–H and O–H groups in total. The number of benzene rings is 10. The van der Waals surface area contributed by atoms with Gasteiger partial charge in [0.25, 0.3) is 0 Å². The molecule has 0 aliphatic carbocycles. The molecule has 306 valence electrons. The predicted molar refractivity (Wildman–Crippen MR) is 279 cm³/mol. The van der Waals surface area contributed by atoms with E-state index in [0.29, 0.717) is 0 Å². The van der Waals surface area contributed by atoms with Crippen molar-refractivity contribution in [1.29, 1.82) is 0 Å². The highest BCUT2D eigenvalue weighted by Crippen LogP contribution is 2.46. The third-order valence-electron chi connectivity index (χ3n) is 13.2. The van der Waals surface area contributed by atoms with Crippen molar-refractivity contribution in [3.8, 4) is 11.1 Å². The Balaban J connectivity index is 1.10. The lowest BCUT2D eigenvalue weighted by molar-refractivity contribution is 1.28. The molecule has 0 aliphatic rings. The molecule has 0 radical (unpaired) electrons. The van der Waals surface area contributed by atoms with Crippen LogP contribution in [0.5, 0.6) is 0 Å². The summed E-state index contributed by atoms with van der Waals surface area (Å²) in [4.78, 5) is 4.78. The summed E-state index contributed by atoms with van der Waals surface area (Å²) in [6.07, 6.45) is 0. The van der Waals surface area contributed by atoms with Gasteiger partial charge >= 0.3 is 0 Å². The van der Waals surface area contributed by atoms with E-state index in [1.807, 2.05) is 0 Å². The first-order valence-electron chi connectivity index (χ1n) is 22.3. The largest absolute Gasteiger partial charge is 0.310 e. The van der Waals surface area contributed by atoms with Gasteiger partial charge < -0.3 is 14.2 Å². The van der Waals surface area contributed by atoms with Crippen LogP contribution in [0.3, 0.4) is 0 Å². The Kier molecular flexibility index (Phi) is 8.75. The van der Waals surface area contributed by atoms with Crippen LogP contribution in [-0.2, 0) is 0 Å². The predicted octanol–water partition coefficient (Wildman–Crippen LogP) is 16.6. The van der Waals surface area contributed by atoms with Gasteiger partial charge in [0.05, 0.1) is 24.6 Å². The maximum atomic E-state index is 2.55. The van der Waals surface area contributed by atoms with Gasteiger partial charge in [-0.25, -0.2) is 0 Å². The molecule has 0 saturated carbocycles. The Morgan fingerprint density at radius 1 is 0.344 bits per heavy atom. The van der Waals surface area contributed by atoms with Crippen molar-refractivity contribution >= 4 is 107 Å². The summed E-state index contributed by atoms with van der Waals surface area (Å²) in [5.41, 5.74) is 14.3. The minimum absolute atomic E-state index is 1.13. The minimum atomic E-state index is -1.56. The average molecular weight is 838 g/mol. The molecular weight excluding hydrogens is 791 g/mol. The molecular formula is C60H47N3Si. The second-order valence-electron chi connectivity index (χ2n) is 18.4. The lowest BCUT2D eigenvalue weighted by Gasteiger charge is -2.27. The van der Waals surface area contributed by atoms with Crippen LogP contribution >= 0.6 is 0 Å². The number of nitrogens with zero attached hydrogens (tertiary/aromatic N) is 3. The normalized spacial score (nSPS) is 12.1. The molecule has 0 saturated heterocycles. The van der Waals surface area contributed by atoms with E-state index in [-0.39, 0.29) is 0 Å². The number of para-hydroxylation sites is 2. The molecule has 0 aliphatic heterocycles. The summed E-state index contributed by atoms with van der Waals surface area (Å²) >= 11 is 0. The zero-order valence-corrected chi connectivity index (χ0v) is 37.5. The third kappa shape index (κ3) is 6.32. The smallest absolute Gasteiger partial charge is 0.0776 e. The molecule has 0 amide bonds. The zero-order chi connectivity index (χ0) is 43.1. The highest BCUT2D eigenvalue weighted by atomic mass is 28.3. The topological polar surface area (TPSA) is 10.9 Å². The van der Waals surface area contributed by atoms with Crippen molar-refractivity contribution in [3.63, 3.8) is 0 Å². The number of aromatic nitrogens is 1. The van der Waals surface area contributed by atoms with Gasteiger partial charge in [0.1, 0.15) is 0 Å². The maximum absolute atomic E-state index is 2.55. The monoisotopic (exact) mass is 837 g/mol. The van der Waals surface area contributed by atoms with Crippen LogP contribution in [0.2, 0.25) is 19.6 Å². The quantitative estimate of drug-likeness (QED) is 0.141. The van der Waals surface area contributed by atoms with Gasteiger partial charge in [0, 0.05) is 55.7 Å². The van der Waals surface area contributed by atoms with Crippen molar-refractivity contribution in [2.75, 3.05) is 9.80 Å². The molecule has 12 rings (SSSR count). The Morgan fingerprint density at radius 3 is 1.33 bits per heavy atom. The number of hydrogen-bond donors (Lipinski definition) is 0. The van der Waals surface area contributed by atoms with E-state index in [2.05, 4.69) is 253 Å². The van der Waals surface area contributed by atoms with Crippen LogP contribution in [0.1, 0.15) is 5.56 Å². The van der Waals surface area contributed by atoms with Gasteiger partial charge in [0.2, 0.25) is 0 Å². The summed E-state index contributed by atoms with van der Waals surface area (Å²) in [6.45, 7) is 9.43. The van der Waals surface area contributed by atoms with Crippen molar-refractivity contribution < 1.29 is 0 Å². The fourth-order valence-corrected chi connectivity index (χ4v) is 11.2. The van der Waals surface area contributed by atoms with E-state index >= 15 is 0 Å². The van der Waals surface area contributed by atoms with Crippen molar-refractivity contribution in [2.24, 2.45) is 0 Å². The lowest BCUT2D eigenvalue weighted by atomic mass is 9.97. The number of anilines is 6. The number of aryl methyl sites for hydroxylation is 1. The Labute approximate surface area is 375 Å². The van der Waals surface area contributed by atoms with E-state index in [1.54, 1.807) is 0 Å². The standard InChI is InChI=1S/C60H47N3Si/c1-40-16-14-23-49(30-40)61(47-19-10-6-11-20-47)51-28-26-42-33-54-56-35-46(41-17-8-5-9-18-41)36-57-55-34-43-27-29-52(32-45(43)38-59(55)63(60(56)57)58(54)37-44(42)31-51)62(48-21-12-7-13-22-48)50-24-15-25-53(39-50)64(2,3)4/h5-39H,1-4H3. The van der Waals surface area contributed by atoms with Gasteiger partial charge in [-0.15, -0.1) is 0 Å². The fourth-order valence-electron chi connectivity index (χ4n) is 10.0. The summed E-state index contributed by atoms with van der Waals surface area (Å²) in [5.74, 6) is 0. The minimum Gasteiger partial charge on any atom is -0.310 e. The molecule has 3 nitrogen and oxygen atoms in total. The van der Waals surface area contributed by atoms with Crippen LogP contribution in [0.4, 0.5) is 34.1 Å². The summed E-state index contributed by atoms with van der Waals surface area (Å²) in [7, 11) is -1.56. The Bertz CT molecular complexity index is 3720. The number of rotatable bonds is 8. The van der Waals surface area contributed by atoms with E-state index in [4.69, 9.17) is 0 Å². The Hall–Kier alpha value is -7.66. The zero-order valence-electron chi connectivity index (χ0n) is 36.5. The van der Waals surface area contributed by atoms with E-state index in [0.717, 1.165) is 28.4 Å². The first-order valence-corrected chi connectivity index (χ1v) is 25.8. The molecule has 0 fully saturated rings. The van der Waals surface area contributed by atoms with Crippen LogP contribution in [0.25, 0.3) is 70.8 Å². The van der Waals surface area contributed by atoms with Crippen LogP contribution in [0.15, 0.2) is 212 Å². The molecule has 10 aromatic carbocycles. The second kappa shape index (κ2) is 14.7. The van der Waals surface area contributed by atoms with E-state index < -0.39 is 8.07 Å². The van der Waals surface area contributed by atoms with E-state index in [9.17, 15) is 0 Å². The van der Waals surface area contributed by atoms with Crippen LogP contribution < -0.4 is 15.0 Å². The van der Waals surface area contributed by atoms with E-state index in [1.165, 1.54) is 87.2 Å². The second-order valence-corrected chi connectivity index (χ2v) is 23.5. The molecule has 0 spiro atoms. The van der Waals surface area contributed by atoms with Gasteiger partial charge in [0.15, 0.2) is 0 Å². The van der Waals surface area contributed by atoms with Crippen molar-refractivity contribution in [2.45, 2.75) is 26.6 Å². The fraction of sp³-hybridized carbons (Fsp3) is 0.0667. The Morgan fingerprint density at radius 2 is 0.812 bits per heavy atom. The molecule has 4 heteroatoms. The molecule has 12 aromatic rings. The summed E-state index contributed by atoms with van der Waals surface area (Å²) < 4.78 is 2.55. The van der Waals surface area contributed by atoms with Crippen molar-refractivity contribution in [1.82, 2.24) is 4.40 Å². The SMILES string of the molecule is Cc1cccc(N(c2ccccc2)c2ccc3cc4c5cc(-c6ccccc6)cc6c7cc8ccc(N(c9ccccc9)c9cccc([Si](C)(C)C)c9)cc8cc7n(c4cc3c2)c56)c1. The molecule has 0 unspecified atom stereocenters. The molecule has 0 atom stereocenters. The molecule has 0 bridgehead atoms. The molecule has 2 heterocycles. The summed E-state index contributed by atoms with van der Waals surface area (Å²) in [6, 6.07) is 78.8. The van der Waals surface area contributed by atoms with Gasteiger partial charge in [-0.1, -0.05) is 128 Å². The highest BCUT2D eigenvalue weighted by Gasteiger charge is 2.23. The first-order chi connectivity index (χ1) is 31.2. The number of fused-ring (bicyclic) bond motifs is 8. The first kappa shape index (κ1) is 38.0. The maximum Gasteiger partial charge on any atom is 0.0776 e. The molecule has 2 aromatic heterocycles. The van der Waals surface area contributed by atoms with Gasteiger partial charge in [-0.2, -0.15) is 0 Å². The third-order valence-corrected chi connectivity index (χ3v) is 15.2. The average Bonchev–Trinajstić information content (AvgIpc) is 3.81. The van der Waals surface area contributed by atoms with Crippen LogP contribution in [0, 0.1) is 6.92 Å². The highest BCUT2D eigenvalue weighted by molar-refractivity contribution is 6.88. The molecule has 64 heavy (non-hydrogen) atoms. The lowest BCUT2D eigenvalue weighted by Crippen LogP contribution is -2.37. The van der Waals surface area contributed by atoms with Crippen LogP contribution in [-0.4, -0.2) is 12.5 Å².